The molecule has 0 amide bonds. The third kappa shape index (κ3) is 3.73. The van der Waals surface area contributed by atoms with Gasteiger partial charge in [-0.05, 0) is 13.3 Å². The van der Waals surface area contributed by atoms with E-state index in [0.717, 1.165) is 12.8 Å². The normalized spacial score (nSPS) is 12.4. The molecular formula is C11H18N2O2. The van der Waals surface area contributed by atoms with Gasteiger partial charge in [0.25, 0.3) is 0 Å². The van der Waals surface area contributed by atoms with Crippen LogP contribution in [0.25, 0.3) is 0 Å². The topological polar surface area (TPSA) is 44.1 Å². The molecule has 1 aromatic rings. The second-order valence-corrected chi connectivity index (χ2v) is 3.46. The first-order chi connectivity index (χ1) is 7.27. The van der Waals surface area contributed by atoms with Gasteiger partial charge >= 0.3 is 5.97 Å². The quantitative estimate of drug-likeness (QED) is 0.676. The van der Waals surface area contributed by atoms with Gasteiger partial charge in [-0.3, -0.25) is 4.79 Å². The number of hydrogen-bond donors (Lipinski definition) is 0. The van der Waals surface area contributed by atoms with E-state index < -0.39 is 0 Å². The summed E-state index contributed by atoms with van der Waals surface area (Å²) < 4.78 is 6.92. The monoisotopic (exact) mass is 210 g/mol. The number of carbonyl (C=O) groups excluding carboxylic acids is 1. The number of nitrogens with zero attached hydrogens (tertiary/aromatic N) is 2. The van der Waals surface area contributed by atoms with Crippen LogP contribution in [0.4, 0.5) is 0 Å². The molecule has 0 fully saturated rings. The molecule has 0 N–H and O–H groups in total. The second-order valence-electron chi connectivity index (χ2n) is 3.46. The molecule has 0 radical (unpaired) electrons. The van der Waals surface area contributed by atoms with Gasteiger partial charge < -0.3 is 9.30 Å². The van der Waals surface area contributed by atoms with Crippen molar-refractivity contribution in [3.05, 3.63) is 18.7 Å². The molecule has 1 atom stereocenters. The van der Waals surface area contributed by atoms with Crippen LogP contribution >= 0.6 is 0 Å². The molecule has 1 unspecified atom stereocenters. The highest BCUT2D eigenvalue weighted by atomic mass is 16.5. The first-order valence-electron chi connectivity index (χ1n) is 5.41. The van der Waals surface area contributed by atoms with Gasteiger partial charge in [0, 0.05) is 18.4 Å². The molecule has 15 heavy (non-hydrogen) atoms. The Morgan fingerprint density at radius 3 is 2.87 bits per heavy atom. The van der Waals surface area contributed by atoms with Gasteiger partial charge in [-0.1, -0.05) is 13.3 Å². The number of esters is 1. The van der Waals surface area contributed by atoms with Crippen molar-refractivity contribution in [2.75, 3.05) is 6.61 Å². The van der Waals surface area contributed by atoms with E-state index in [9.17, 15) is 4.79 Å². The van der Waals surface area contributed by atoms with Crippen molar-refractivity contribution in [1.82, 2.24) is 9.55 Å². The molecular weight excluding hydrogens is 192 g/mol. The lowest BCUT2D eigenvalue weighted by Gasteiger charge is -2.16. The van der Waals surface area contributed by atoms with Crippen LogP contribution in [0.15, 0.2) is 18.7 Å². The molecule has 0 aliphatic heterocycles. The molecule has 0 saturated heterocycles. The lowest BCUT2D eigenvalue weighted by Crippen LogP contribution is -2.14. The lowest BCUT2D eigenvalue weighted by atomic mass is 10.1. The minimum atomic E-state index is -0.135. The molecule has 4 heteroatoms. The van der Waals surface area contributed by atoms with Gasteiger partial charge in [-0.15, -0.1) is 0 Å². The minimum absolute atomic E-state index is 0.135. The summed E-state index contributed by atoms with van der Waals surface area (Å²) in [5, 5.41) is 0. The van der Waals surface area contributed by atoms with E-state index in [4.69, 9.17) is 4.74 Å². The van der Waals surface area contributed by atoms with Crippen LogP contribution in [0, 0.1) is 0 Å². The standard InChI is InChI=1S/C11H18N2O2/c1-3-5-10(8-11(14)15-4-2)13-7-6-12-9-13/h6-7,9-10H,3-5,8H2,1-2H3. The summed E-state index contributed by atoms with van der Waals surface area (Å²) in [6.07, 6.45) is 7.81. The maximum atomic E-state index is 11.4. The summed E-state index contributed by atoms with van der Waals surface area (Å²) in [6.45, 7) is 4.38. The van der Waals surface area contributed by atoms with E-state index in [1.165, 1.54) is 0 Å². The fraction of sp³-hybridized carbons (Fsp3) is 0.636. The molecule has 0 aromatic carbocycles. The molecule has 84 valence electrons. The summed E-state index contributed by atoms with van der Waals surface area (Å²) in [5.74, 6) is -0.135. The predicted molar refractivity (Wildman–Crippen MR) is 57.4 cm³/mol. The highest BCUT2D eigenvalue weighted by Crippen LogP contribution is 2.18. The summed E-state index contributed by atoms with van der Waals surface area (Å²) in [6, 6.07) is 0.177. The molecule has 1 heterocycles. The number of carbonyl (C=O) groups is 1. The molecule has 0 aliphatic rings. The number of imidazole rings is 1. The van der Waals surface area contributed by atoms with Crippen molar-refractivity contribution < 1.29 is 9.53 Å². The molecule has 1 aromatic heterocycles. The van der Waals surface area contributed by atoms with E-state index in [2.05, 4.69) is 11.9 Å². The fourth-order valence-corrected chi connectivity index (χ4v) is 1.59. The molecule has 0 spiro atoms. The van der Waals surface area contributed by atoms with E-state index in [-0.39, 0.29) is 12.0 Å². The average molecular weight is 210 g/mol. The Balaban J connectivity index is 2.55. The first-order valence-corrected chi connectivity index (χ1v) is 5.41. The third-order valence-electron chi connectivity index (χ3n) is 2.28. The fourth-order valence-electron chi connectivity index (χ4n) is 1.59. The Morgan fingerprint density at radius 2 is 2.33 bits per heavy atom. The largest absolute Gasteiger partial charge is 0.466 e. The SMILES string of the molecule is CCCC(CC(=O)OCC)n1ccnc1. The minimum Gasteiger partial charge on any atom is -0.466 e. The van der Waals surface area contributed by atoms with Crippen molar-refractivity contribution in [1.29, 1.82) is 0 Å². The Bertz CT molecular complexity index is 283. The predicted octanol–water partition coefficient (Wildman–Crippen LogP) is 2.18. The van der Waals surface area contributed by atoms with Gasteiger partial charge in [0.2, 0.25) is 0 Å². The maximum absolute atomic E-state index is 11.4. The van der Waals surface area contributed by atoms with Crippen molar-refractivity contribution in [3.63, 3.8) is 0 Å². The highest BCUT2D eigenvalue weighted by molar-refractivity contribution is 5.69. The van der Waals surface area contributed by atoms with Crippen molar-refractivity contribution in [3.8, 4) is 0 Å². The van der Waals surface area contributed by atoms with Crippen LogP contribution in [0.5, 0.6) is 0 Å². The summed E-state index contributed by atoms with van der Waals surface area (Å²) in [7, 11) is 0. The second kappa shape index (κ2) is 6.22. The van der Waals surface area contributed by atoms with Crippen molar-refractivity contribution in [2.45, 2.75) is 39.2 Å². The van der Waals surface area contributed by atoms with Crippen molar-refractivity contribution >= 4 is 5.97 Å². The van der Waals surface area contributed by atoms with Gasteiger partial charge in [-0.2, -0.15) is 0 Å². The van der Waals surface area contributed by atoms with Crippen LogP contribution in [-0.2, 0) is 9.53 Å². The smallest absolute Gasteiger partial charge is 0.307 e. The van der Waals surface area contributed by atoms with E-state index >= 15 is 0 Å². The maximum Gasteiger partial charge on any atom is 0.307 e. The van der Waals surface area contributed by atoms with Crippen LogP contribution < -0.4 is 0 Å². The molecule has 0 bridgehead atoms. The lowest BCUT2D eigenvalue weighted by molar-refractivity contribution is -0.144. The number of rotatable bonds is 6. The zero-order valence-corrected chi connectivity index (χ0v) is 9.35. The van der Waals surface area contributed by atoms with Crippen molar-refractivity contribution in [2.24, 2.45) is 0 Å². The number of hydrogen-bond acceptors (Lipinski definition) is 3. The Morgan fingerprint density at radius 1 is 1.53 bits per heavy atom. The highest BCUT2D eigenvalue weighted by Gasteiger charge is 2.14. The zero-order valence-electron chi connectivity index (χ0n) is 9.35. The molecule has 0 aliphatic carbocycles. The van der Waals surface area contributed by atoms with Gasteiger partial charge in [0.05, 0.1) is 19.4 Å². The zero-order chi connectivity index (χ0) is 11.1. The Hall–Kier alpha value is -1.32. The Labute approximate surface area is 90.3 Å². The molecule has 0 saturated carbocycles. The van der Waals surface area contributed by atoms with E-state index in [1.54, 1.807) is 12.5 Å². The summed E-state index contributed by atoms with van der Waals surface area (Å²) >= 11 is 0. The molecule has 4 nitrogen and oxygen atoms in total. The van der Waals surface area contributed by atoms with Gasteiger partial charge in [0.1, 0.15) is 0 Å². The van der Waals surface area contributed by atoms with E-state index in [0.29, 0.717) is 13.0 Å². The van der Waals surface area contributed by atoms with Crippen LogP contribution in [0.2, 0.25) is 0 Å². The Kier molecular flexibility index (Phi) is 4.87. The number of ether oxygens (including phenoxy) is 1. The number of aromatic nitrogens is 2. The third-order valence-corrected chi connectivity index (χ3v) is 2.28. The van der Waals surface area contributed by atoms with Gasteiger partial charge in [0.15, 0.2) is 0 Å². The van der Waals surface area contributed by atoms with Crippen LogP contribution in [0.1, 0.15) is 39.2 Å². The van der Waals surface area contributed by atoms with E-state index in [1.807, 2.05) is 17.7 Å². The first kappa shape index (κ1) is 11.8. The van der Waals surface area contributed by atoms with Gasteiger partial charge in [-0.25, -0.2) is 4.98 Å². The summed E-state index contributed by atoms with van der Waals surface area (Å²) in [5.41, 5.74) is 0. The van der Waals surface area contributed by atoms with Crippen LogP contribution in [-0.4, -0.2) is 22.1 Å². The average Bonchev–Trinajstić information content (AvgIpc) is 2.70. The van der Waals surface area contributed by atoms with Crippen LogP contribution in [0.3, 0.4) is 0 Å². The summed E-state index contributed by atoms with van der Waals surface area (Å²) in [4.78, 5) is 15.4. The molecule has 1 rings (SSSR count).